The third kappa shape index (κ3) is 2.55. The van der Waals surface area contributed by atoms with Crippen LogP contribution < -0.4 is 0 Å². The molecular weight excluding hydrogens is 355 g/mol. The molecule has 0 saturated carbocycles. The Labute approximate surface area is 115 Å². The second-order valence-corrected chi connectivity index (χ2v) is 6.53. The molecule has 1 aromatic carbocycles. The van der Waals surface area contributed by atoms with Gasteiger partial charge in [-0.15, -0.1) is 11.3 Å². The van der Waals surface area contributed by atoms with E-state index in [1.54, 1.807) is 23.5 Å². The number of hydrogen-bond donors (Lipinski definition) is 0. The van der Waals surface area contributed by atoms with Crippen molar-refractivity contribution in [2.45, 2.75) is 11.8 Å². The maximum absolute atomic E-state index is 13.1. The molecular formula is C12H9Br2FS. The fraction of sp³-hybridized carbons (Fsp3) is 0.167. The summed E-state index contributed by atoms with van der Waals surface area (Å²) in [6.45, 7) is 2.06. The average molecular weight is 364 g/mol. The zero-order chi connectivity index (χ0) is 11.7. The van der Waals surface area contributed by atoms with Gasteiger partial charge >= 0.3 is 0 Å². The fourth-order valence-corrected chi connectivity index (χ4v) is 3.70. The molecule has 0 fully saturated rings. The minimum atomic E-state index is -0.200. The van der Waals surface area contributed by atoms with Crippen molar-refractivity contribution in [3.05, 3.63) is 55.9 Å². The molecule has 4 heteroatoms. The van der Waals surface area contributed by atoms with Crippen LogP contribution in [0.15, 0.2) is 34.8 Å². The molecule has 0 amide bonds. The Morgan fingerprint density at radius 2 is 2.06 bits per heavy atom. The Kier molecular flexibility index (Phi) is 3.82. The number of alkyl halides is 1. The van der Waals surface area contributed by atoms with E-state index in [-0.39, 0.29) is 10.6 Å². The molecule has 1 atom stereocenters. The Morgan fingerprint density at radius 1 is 1.31 bits per heavy atom. The molecule has 0 spiro atoms. The predicted octanol–water partition coefficient (Wildman–Crippen LogP) is 5.44. The normalized spacial score (nSPS) is 12.8. The van der Waals surface area contributed by atoms with E-state index < -0.39 is 0 Å². The van der Waals surface area contributed by atoms with E-state index in [0.717, 1.165) is 10.0 Å². The number of hydrogen-bond acceptors (Lipinski definition) is 1. The van der Waals surface area contributed by atoms with Crippen LogP contribution in [0.25, 0.3) is 0 Å². The zero-order valence-corrected chi connectivity index (χ0v) is 12.5. The van der Waals surface area contributed by atoms with Gasteiger partial charge in [-0.1, -0.05) is 28.1 Å². The molecule has 1 heterocycles. The first kappa shape index (κ1) is 12.3. The Morgan fingerprint density at radius 3 is 2.62 bits per heavy atom. The Bertz CT molecular complexity index is 488. The lowest BCUT2D eigenvalue weighted by molar-refractivity contribution is 0.626. The summed E-state index contributed by atoms with van der Waals surface area (Å²) < 4.78 is 14.2. The third-order valence-corrected chi connectivity index (χ3v) is 5.79. The Hall–Kier alpha value is -0.190. The molecule has 0 aliphatic rings. The second kappa shape index (κ2) is 4.98. The van der Waals surface area contributed by atoms with Crippen LogP contribution >= 0.6 is 43.2 Å². The summed E-state index contributed by atoms with van der Waals surface area (Å²) in [4.78, 5) is 2.46. The number of aryl methyl sites for hydroxylation is 1. The van der Waals surface area contributed by atoms with Crippen molar-refractivity contribution in [3.63, 3.8) is 0 Å². The van der Waals surface area contributed by atoms with E-state index in [9.17, 15) is 4.39 Å². The average Bonchev–Trinajstić information content (AvgIpc) is 2.58. The minimum Gasteiger partial charge on any atom is -0.207 e. The molecule has 0 aliphatic heterocycles. The molecule has 2 rings (SSSR count). The quantitative estimate of drug-likeness (QED) is 0.623. The Balaban J connectivity index is 2.35. The van der Waals surface area contributed by atoms with Crippen LogP contribution in [0.5, 0.6) is 0 Å². The van der Waals surface area contributed by atoms with Crippen molar-refractivity contribution in [2.24, 2.45) is 0 Å². The number of halogens is 3. The van der Waals surface area contributed by atoms with Crippen molar-refractivity contribution in [1.82, 2.24) is 0 Å². The van der Waals surface area contributed by atoms with Gasteiger partial charge in [-0.2, -0.15) is 0 Å². The lowest BCUT2D eigenvalue weighted by atomic mass is 10.1. The van der Waals surface area contributed by atoms with Crippen molar-refractivity contribution in [3.8, 4) is 0 Å². The summed E-state index contributed by atoms with van der Waals surface area (Å²) in [7, 11) is 0. The van der Waals surface area contributed by atoms with Crippen LogP contribution in [0.1, 0.15) is 20.1 Å². The smallest absolute Gasteiger partial charge is 0.123 e. The van der Waals surface area contributed by atoms with Gasteiger partial charge in [0.15, 0.2) is 0 Å². The van der Waals surface area contributed by atoms with Gasteiger partial charge in [0.05, 0.1) is 4.83 Å². The number of rotatable bonds is 2. The van der Waals surface area contributed by atoms with E-state index in [0.29, 0.717) is 0 Å². The molecule has 84 valence electrons. The van der Waals surface area contributed by atoms with E-state index in [1.165, 1.54) is 15.8 Å². The van der Waals surface area contributed by atoms with Crippen molar-refractivity contribution >= 4 is 43.2 Å². The molecule has 2 aromatic rings. The van der Waals surface area contributed by atoms with Crippen molar-refractivity contribution < 1.29 is 4.39 Å². The minimum absolute atomic E-state index is 0.0539. The second-order valence-electron chi connectivity index (χ2n) is 3.47. The van der Waals surface area contributed by atoms with Crippen LogP contribution in [-0.4, -0.2) is 0 Å². The highest BCUT2D eigenvalue weighted by Gasteiger charge is 2.14. The standard InChI is InChI=1S/C12H9Br2FS/c1-7-10(13)6-11(16-7)12(14)8-3-2-4-9(15)5-8/h2-6,12H,1H3. The van der Waals surface area contributed by atoms with Gasteiger partial charge in [-0.25, -0.2) is 4.39 Å². The molecule has 0 bridgehead atoms. The highest BCUT2D eigenvalue weighted by Crippen LogP contribution is 2.38. The zero-order valence-electron chi connectivity index (χ0n) is 8.51. The molecule has 16 heavy (non-hydrogen) atoms. The topological polar surface area (TPSA) is 0 Å². The van der Waals surface area contributed by atoms with Gasteiger partial charge in [0.25, 0.3) is 0 Å². The summed E-state index contributed by atoms with van der Waals surface area (Å²) in [6, 6.07) is 8.74. The van der Waals surface area contributed by atoms with E-state index in [2.05, 4.69) is 44.8 Å². The number of thiophene rings is 1. The van der Waals surface area contributed by atoms with E-state index in [4.69, 9.17) is 0 Å². The molecule has 0 radical (unpaired) electrons. The first-order chi connectivity index (χ1) is 7.58. The lowest BCUT2D eigenvalue weighted by Crippen LogP contribution is -1.89. The first-order valence-corrected chi connectivity index (χ1v) is 7.26. The highest BCUT2D eigenvalue weighted by atomic mass is 79.9. The van der Waals surface area contributed by atoms with Gasteiger partial charge in [0, 0.05) is 14.2 Å². The van der Waals surface area contributed by atoms with Crippen molar-refractivity contribution in [1.29, 1.82) is 0 Å². The van der Waals surface area contributed by atoms with Crippen LogP contribution in [0, 0.1) is 12.7 Å². The van der Waals surface area contributed by atoms with Crippen LogP contribution in [0.2, 0.25) is 0 Å². The molecule has 0 saturated heterocycles. The van der Waals surface area contributed by atoms with Gasteiger partial charge in [0.1, 0.15) is 5.82 Å². The molecule has 0 N–H and O–H groups in total. The molecule has 1 unspecified atom stereocenters. The molecule has 0 aliphatic carbocycles. The molecule has 0 nitrogen and oxygen atoms in total. The van der Waals surface area contributed by atoms with Gasteiger partial charge in [-0.3, -0.25) is 0 Å². The molecule has 1 aromatic heterocycles. The first-order valence-electron chi connectivity index (χ1n) is 4.73. The van der Waals surface area contributed by atoms with E-state index >= 15 is 0 Å². The summed E-state index contributed by atoms with van der Waals surface area (Å²) in [6.07, 6.45) is 0. The fourth-order valence-electron chi connectivity index (χ4n) is 1.43. The summed E-state index contributed by atoms with van der Waals surface area (Å²) >= 11 is 8.79. The van der Waals surface area contributed by atoms with Crippen LogP contribution in [0.3, 0.4) is 0 Å². The third-order valence-electron chi connectivity index (χ3n) is 2.27. The SMILES string of the molecule is Cc1sc(C(Br)c2cccc(F)c2)cc1Br. The van der Waals surface area contributed by atoms with Gasteiger partial charge < -0.3 is 0 Å². The maximum Gasteiger partial charge on any atom is 0.123 e. The van der Waals surface area contributed by atoms with E-state index in [1.807, 2.05) is 6.07 Å². The predicted molar refractivity (Wildman–Crippen MR) is 73.9 cm³/mol. The summed E-state index contributed by atoms with van der Waals surface area (Å²) in [5, 5.41) is 0. The largest absolute Gasteiger partial charge is 0.207 e. The van der Waals surface area contributed by atoms with Crippen molar-refractivity contribution in [2.75, 3.05) is 0 Å². The van der Waals surface area contributed by atoms with Crippen LogP contribution in [0.4, 0.5) is 4.39 Å². The van der Waals surface area contributed by atoms with Crippen LogP contribution in [-0.2, 0) is 0 Å². The number of benzene rings is 1. The summed E-state index contributed by atoms with van der Waals surface area (Å²) in [5.41, 5.74) is 0.939. The van der Waals surface area contributed by atoms with Gasteiger partial charge in [0.2, 0.25) is 0 Å². The highest BCUT2D eigenvalue weighted by molar-refractivity contribution is 9.10. The lowest BCUT2D eigenvalue weighted by Gasteiger charge is -2.07. The summed E-state index contributed by atoms with van der Waals surface area (Å²) in [5.74, 6) is -0.200. The monoisotopic (exact) mass is 362 g/mol. The maximum atomic E-state index is 13.1. The van der Waals surface area contributed by atoms with Gasteiger partial charge in [-0.05, 0) is 46.6 Å².